The molecule has 31 heavy (non-hydrogen) atoms. The lowest BCUT2D eigenvalue weighted by atomic mass is 10.0. The van der Waals surface area contributed by atoms with Gasteiger partial charge in [-0.25, -0.2) is 0 Å². The highest BCUT2D eigenvalue weighted by Crippen LogP contribution is 2.18. The fraction of sp³-hybridized carbons (Fsp3) is 0.667. The highest BCUT2D eigenvalue weighted by atomic mass is 16.2. The Kier molecular flexibility index (Phi) is 7.58. The van der Waals surface area contributed by atoms with Crippen LogP contribution in [0.5, 0.6) is 0 Å². The molecule has 1 aromatic carbocycles. The Morgan fingerprint density at radius 3 is 2.52 bits per heavy atom. The van der Waals surface area contributed by atoms with Gasteiger partial charge in [-0.2, -0.15) is 0 Å². The smallest absolute Gasteiger partial charge is 0.234 e. The third kappa shape index (κ3) is 6.05. The number of piperazine rings is 1. The van der Waals surface area contributed by atoms with Gasteiger partial charge >= 0.3 is 0 Å². The molecule has 0 aliphatic carbocycles. The Labute approximate surface area is 186 Å². The number of carbonyl (C=O) groups excluding carboxylic acids is 2. The van der Waals surface area contributed by atoms with Crippen molar-refractivity contribution >= 4 is 11.8 Å². The average molecular weight is 428 g/mol. The molecular formula is C24H37N5O2. The summed E-state index contributed by atoms with van der Waals surface area (Å²) in [6.45, 7) is 8.87. The summed E-state index contributed by atoms with van der Waals surface area (Å²) in [5, 5.41) is 3.10. The second kappa shape index (κ2) is 10.6. The number of rotatable bonds is 7. The predicted octanol–water partition coefficient (Wildman–Crippen LogP) is 1.14. The van der Waals surface area contributed by atoms with E-state index in [1.54, 1.807) is 0 Å². The zero-order valence-electron chi connectivity index (χ0n) is 18.9. The van der Waals surface area contributed by atoms with Crippen molar-refractivity contribution < 1.29 is 9.59 Å². The molecule has 7 heteroatoms. The summed E-state index contributed by atoms with van der Waals surface area (Å²) in [5.74, 6) is 0.316. The Morgan fingerprint density at radius 1 is 1.03 bits per heavy atom. The maximum absolute atomic E-state index is 12.6. The zero-order chi connectivity index (χ0) is 21.6. The molecule has 2 amide bonds. The standard InChI is InChI=1S/C24H37N5O2/c1-26-10-4-8-22(18-26)28-14-12-27(13-15-28)19-23(30)25-16-20-6-2-3-7-21(20)17-29-11-5-9-24(29)31/h2-3,6-7,22H,4-5,8-19H2,1H3,(H,25,30). The number of hydrogen-bond donors (Lipinski definition) is 1. The van der Waals surface area contributed by atoms with E-state index in [4.69, 9.17) is 0 Å². The third-order valence-corrected chi connectivity index (χ3v) is 7.02. The maximum atomic E-state index is 12.6. The first-order valence-electron chi connectivity index (χ1n) is 11.8. The molecule has 0 radical (unpaired) electrons. The number of amides is 2. The summed E-state index contributed by atoms with van der Waals surface area (Å²) >= 11 is 0. The number of nitrogens with one attached hydrogen (secondary N) is 1. The van der Waals surface area contributed by atoms with Crippen molar-refractivity contribution in [2.75, 3.05) is 59.4 Å². The van der Waals surface area contributed by atoms with Crippen LogP contribution in [-0.4, -0.2) is 96.9 Å². The first-order valence-corrected chi connectivity index (χ1v) is 11.8. The number of hydrogen-bond acceptors (Lipinski definition) is 5. The van der Waals surface area contributed by atoms with Gasteiger partial charge in [0.15, 0.2) is 0 Å². The third-order valence-electron chi connectivity index (χ3n) is 7.02. The van der Waals surface area contributed by atoms with Crippen molar-refractivity contribution in [3.63, 3.8) is 0 Å². The van der Waals surface area contributed by atoms with E-state index in [0.717, 1.165) is 50.3 Å². The molecule has 3 aliphatic heterocycles. The van der Waals surface area contributed by atoms with E-state index in [1.807, 2.05) is 17.0 Å². The van der Waals surface area contributed by atoms with Crippen LogP contribution in [0, 0.1) is 0 Å². The monoisotopic (exact) mass is 427 g/mol. The largest absolute Gasteiger partial charge is 0.351 e. The molecule has 1 aromatic rings. The molecule has 0 bridgehead atoms. The summed E-state index contributed by atoms with van der Waals surface area (Å²) in [5.41, 5.74) is 2.23. The van der Waals surface area contributed by atoms with Gasteiger partial charge in [-0.05, 0) is 44.0 Å². The van der Waals surface area contributed by atoms with Crippen LogP contribution in [0.2, 0.25) is 0 Å². The van der Waals surface area contributed by atoms with Crippen molar-refractivity contribution in [3.05, 3.63) is 35.4 Å². The molecule has 7 nitrogen and oxygen atoms in total. The molecule has 4 rings (SSSR count). The minimum atomic E-state index is 0.0814. The molecule has 3 saturated heterocycles. The van der Waals surface area contributed by atoms with Gasteiger partial charge in [0.05, 0.1) is 6.54 Å². The SMILES string of the molecule is CN1CCCC(N2CCN(CC(=O)NCc3ccccc3CN3CCCC3=O)CC2)C1. The van der Waals surface area contributed by atoms with Crippen molar-refractivity contribution in [1.82, 2.24) is 24.9 Å². The molecule has 1 N–H and O–H groups in total. The van der Waals surface area contributed by atoms with Crippen LogP contribution in [0.1, 0.15) is 36.8 Å². The Hall–Kier alpha value is -1.96. The van der Waals surface area contributed by atoms with E-state index >= 15 is 0 Å². The lowest BCUT2D eigenvalue weighted by Gasteiger charge is -2.42. The maximum Gasteiger partial charge on any atom is 0.234 e. The van der Waals surface area contributed by atoms with Crippen LogP contribution in [0.4, 0.5) is 0 Å². The van der Waals surface area contributed by atoms with Crippen molar-refractivity contribution in [1.29, 1.82) is 0 Å². The quantitative estimate of drug-likeness (QED) is 0.707. The van der Waals surface area contributed by atoms with Gasteiger partial charge in [0, 0.05) is 64.8 Å². The summed E-state index contributed by atoms with van der Waals surface area (Å²) in [6.07, 6.45) is 4.19. The molecule has 0 aromatic heterocycles. The van der Waals surface area contributed by atoms with Crippen LogP contribution in [-0.2, 0) is 22.7 Å². The zero-order valence-corrected chi connectivity index (χ0v) is 18.9. The lowest BCUT2D eigenvalue weighted by molar-refractivity contribution is -0.128. The normalized spacial score (nSPS) is 24.0. The van der Waals surface area contributed by atoms with Gasteiger partial charge in [-0.1, -0.05) is 24.3 Å². The molecule has 0 spiro atoms. The number of nitrogens with zero attached hydrogens (tertiary/aromatic N) is 4. The molecule has 3 fully saturated rings. The molecule has 1 atom stereocenters. The topological polar surface area (TPSA) is 59.1 Å². The number of carbonyl (C=O) groups is 2. The Balaban J connectivity index is 1.21. The molecule has 3 aliphatic rings. The van der Waals surface area contributed by atoms with Gasteiger partial charge in [0.2, 0.25) is 11.8 Å². The lowest BCUT2D eigenvalue weighted by Crippen LogP contribution is -2.55. The van der Waals surface area contributed by atoms with E-state index < -0.39 is 0 Å². The van der Waals surface area contributed by atoms with E-state index in [-0.39, 0.29) is 11.8 Å². The predicted molar refractivity (Wildman–Crippen MR) is 121 cm³/mol. The highest BCUT2D eigenvalue weighted by molar-refractivity contribution is 5.78. The van der Waals surface area contributed by atoms with Crippen molar-refractivity contribution in [2.45, 2.75) is 44.8 Å². The summed E-state index contributed by atoms with van der Waals surface area (Å²) in [7, 11) is 2.22. The second-order valence-electron chi connectivity index (χ2n) is 9.33. The Morgan fingerprint density at radius 2 is 1.81 bits per heavy atom. The van der Waals surface area contributed by atoms with Crippen molar-refractivity contribution in [2.24, 2.45) is 0 Å². The van der Waals surface area contributed by atoms with Gasteiger partial charge in [-0.3, -0.25) is 19.4 Å². The van der Waals surface area contributed by atoms with Crippen LogP contribution in [0.25, 0.3) is 0 Å². The van der Waals surface area contributed by atoms with Crippen molar-refractivity contribution in [3.8, 4) is 0 Å². The molecule has 1 unspecified atom stereocenters. The summed E-state index contributed by atoms with van der Waals surface area (Å²) < 4.78 is 0. The number of likely N-dealkylation sites (tertiary alicyclic amines) is 2. The van der Waals surface area contributed by atoms with E-state index in [9.17, 15) is 9.59 Å². The highest BCUT2D eigenvalue weighted by Gasteiger charge is 2.27. The second-order valence-corrected chi connectivity index (χ2v) is 9.33. The van der Waals surface area contributed by atoms with E-state index in [2.05, 4.69) is 39.2 Å². The van der Waals surface area contributed by atoms with E-state index in [1.165, 1.54) is 25.9 Å². The summed E-state index contributed by atoms with van der Waals surface area (Å²) in [6, 6.07) is 8.79. The molecular weight excluding hydrogens is 390 g/mol. The van der Waals surface area contributed by atoms with Gasteiger partial charge in [-0.15, -0.1) is 0 Å². The molecule has 3 heterocycles. The fourth-order valence-electron chi connectivity index (χ4n) is 5.14. The van der Waals surface area contributed by atoms with Crippen LogP contribution in [0.15, 0.2) is 24.3 Å². The number of piperidine rings is 1. The van der Waals surface area contributed by atoms with Gasteiger partial charge in [0.25, 0.3) is 0 Å². The fourth-order valence-corrected chi connectivity index (χ4v) is 5.14. The molecule has 170 valence electrons. The van der Waals surface area contributed by atoms with Gasteiger partial charge in [0.1, 0.15) is 0 Å². The minimum Gasteiger partial charge on any atom is -0.351 e. The average Bonchev–Trinajstić information content (AvgIpc) is 3.18. The van der Waals surface area contributed by atoms with Crippen LogP contribution in [0.3, 0.4) is 0 Å². The minimum absolute atomic E-state index is 0.0814. The number of likely N-dealkylation sites (N-methyl/N-ethyl adjacent to an activating group) is 1. The first-order chi connectivity index (χ1) is 15.1. The van der Waals surface area contributed by atoms with Crippen LogP contribution >= 0.6 is 0 Å². The number of benzene rings is 1. The first kappa shape index (κ1) is 22.2. The summed E-state index contributed by atoms with van der Waals surface area (Å²) in [4.78, 5) is 33.8. The van der Waals surface area contributed by atoms with Gasteiger partial charge < -0.3 is 15.1 Å². The van der Waals surface area contributed by atoms with E-state index in [0.29, 0.717) is 32.1 Å². The Bertz CT molecular complexity index is 762. The molecule has 0 saturated carbocycles. The van der Waals surface area contributed by atoms with Crippen LogP contribution < -0.4 is 5.32 Å².